The van der Waals surface area contributed by atoms with Gasteiger partial charge in [0, 0.05) is 25.1 Å². The normalized spacial score (nSPS) is 28.5. The van der Waals surface area contributed by atoms with E-state index in [0.717, 1.165) is 19.3 Å². The molecule has 1 aliphatic heterocycles. The Hall–Kier alpha value is -0.380. The number of hydrogen-bond donors (Lipinski definition) is 5. The zero-order chi connectivity index (χ0) is 16.4. The highest BCUT2D eigenvalue weighted by Crippen LogP contribution is 2.28. The lowest BCUT2D eigenvalue weighted by molar-refractivity contribution is -0.157. The van der Waals surface area contributed by atoms with Crippen LogP contribution in [0.2, 0.25) is 0 Å². The molecule has 0 aromatic rings. The number of amides is 1. The first-order valence-corrected chi connectivity index (χ1v) is 8.84. The van der Waals surface area contributed by atoms with Crippen LogP contribution in [0.3, 0.4) is 0 Å². The smallest absolute Gasteiger partial charge is 0.220 e. The summed E-state index contributed by atoms with van der Waals surface area (Å²) >= 11 is 1.42. The maximum absolute atomic E-state index is 11.6. The Morgan fingerprint density at radius 1 is 1.32 bits per heavy atom. The topological polar surface area (TPSA) is 125 Å². The molecule has 0 aliphatic carbocycles. The summed E-state index contributed by atoms with van der Waals surface area (Å²) in [4.78, 5) is 11.6. The molecule has 7 nitrogen and oxygen atoms in total. The van der Waals surface area contributed by atoms with Crippen molar-refractivity contribution in [1.29, 1.82) is 0 Å². The van der Waals surface area contributed by atoms with Crippen molar-refractivity contribution in [1.82, 2.24) is 5.32 Å². The summed E-state index contributed by atoms with van der Waals surface area (Å²) in [6.45, 7) is 1.01. The van der Waals surface area contributed by atoms with Gasteiger partial charge in [-0.05, 0) is 19.4 Å². The van der Waals surface area contributed by atoms with Crippen molar-refractivity contribution < 1.29 is 24.9 Å². The van der Waals surface area contributed by atoms with Gasteiger partial charge in [0.15, 0.2) is 0 Å². The summed E-state index contributed by atoms with van der Waals surface area (Å²) in [6, 6.07) is 0. The molecule has 22 heavy (non-hydrogen) atoms. The van der Waals surface area contributed by atoms with Crippen LogP contribution in [0.5, 0.6) is 0 Å². The summed E-state index contributed by atoms with van der Waals surface area (Å²) in [7, 11) is 0. The summed E-state index contributed by atoms with van der Waals surface area (Å²) < 4.78 is 5.48. The van der Waals surface area contributed by atoms with E-state index in [1.165, 1.54) is 11.8 Å². The lowest BCUT2D eigenvalue weighted by atomic mass is 10.0. The van der Waals surface area contributed by atoms with E-state index in [1.807, 2.05) is 0 Å². The Bertz CT molecular complexity index is 322. The van der Waals surface area contributed by atoms with Crippen molar-refractivity contribution in [3.63, 3.8) is 0 Å². The molecule has 1 fully saturated rings. The molecular weight excluding hydrogens is 308 g/mol. The predicted octanol–water partition coefficient (Wildman–Crippen LogP) is -0.816. The van der Waals surface area contributed by atoms with Crippen molar-refractivity contribution in [3.05, 3.63) is 0 Å². The van der Waals surface area contributed by atoms with Gasteiger partial charge < -0.3 is 31.1 Å². The molecule has 8 heteroatoms. The molecule has 1 rings (SSSR count). The fourth-order valence-corrected chi connectivity index (χ4v) is 3.34. The van der Waals surface area contributed by atoms with E-state index >= 15 is 0 Å². The highest BCUT2D eigenvalue weighted by atomic mass is 32.2. The Morgan fingerprint density at radius 3 is 2.77 bits per heavy atom. The van der Waals surface area contributed by atoms with Crippen LogP contribution in [0, 0.1) is 0 Å². The lowest BCUT2D eigenvalue weighted by Crippen LogP contribution is -2.49. The summed E-state index contributed by atoms with van der Waals surface area (Å²) in [5.41, 5.74) is 5.08. The van der Waals surface area contributed by atoms with Gasteiger partial charge in [-0.15, -0.1) is 11.8 Å². The van der Waals surface area contributed by atoms with E-state index in [1.54, 1.807) is 0 Å². The van der Waals surface area contributed by atoms with Crippen LogP contribution < -0.4 is 11.1 Å². The Balaban J connectivity index is 2.12. The zero-order valence-electron chi connectivity index (χ0n) is 12.8. The van der Waals surface area contributed by atoms with Crippen LogP contribution in [0.4, 0.5) is 0 Å². The molecule has 0 radical (unpaired) electrons. The summed E-state index contributed by atoms with van der Waals surface area (Å²) in [6.07, 6.45) is 0.877. The molecule has 1 heterocycles. The first-order chi connectivity index (χ1) is 10.6. The number of nitrogens with one attached hydrogen (secondary N) is 1. The molecule has 1 amide bonds. The maximum Gasteiger partial charge on any atom is 0.220 e. The van der Waals surface area contributed by atoms with Crippen LogP contribution in [-0.2, 0) is 9.53 Å². The van der Waals surface area contributed by atoms with E-state index in [2.05, 4.69) is 5.32 Å². The number of aliphatic hydroxyl groups is 3. The van der Waals surface area contributed by atoms with Crippen LogP contribution in [0.1, 0.15) is 32.1 Å². The molecule has 6 N–H and O–H groups in total. The van der Waals surface area contributed by atoms with Crippen LogP contribution >= 0.6 is 11.8 Å². The van der Waals surface area contributed by atoms with Gasteiger partial charge in [-0.3, -0.25) is 4.79 Å². The third-order valence-electron chi connectivity index (χ3n) is 3.55. The minimum absolute atomic E-state index is 0.00431. The number of thioether (sulfide) groups is 1. The zero-order valence-corrected chi connectivity index (χ0v) is 13.6. The molecule has 1 saturated heterocycles. The number of unbranched alkanes of at least 4 members (excludes halogenated alkanes) is 2. The van der Waals surface area contributed by atoms with Gasteiger partial charge in [-0.25, -0.2) is 0 Å². The van der Waals surface area contributed by atoms with Crippen LogP contribution in [0.25, 0.3) is 0 Å². The number of carbonyl (C=O) groups is 1. The Labute approximate surface area is 135 Å². The second-order valence-corrected chi connectivity index (χ2v) is 6.67. The quantitative estimate of drug-likeness (QED) is 0.330. The van der Waals surface area contributed by atoms with Crippen molar-refractivity contribution in [3.8, 4) is 0 Å². The standard InChI is InChI=1S/C14H28N2O5S/c15-5-2-1-3-6-16-12(19)4-7-22-13-8-10(18)14(20)11(9-17)21-13/h10-11,13-14,17-18,20H,1-9,15H2,(H,16,19)/t10-,11-,13+,14-/m1/s1. The molecule has 1 aliphatic rings. The third kappa shape index (κ3) is 7.26. The number of nitrogens with two attached hydrogens (primary N) is 1. The molecular formula is C14H28N2O5S. The Kier molecular flexibility index (Phi) is 10.0. The third-order valence-corrected chi connectivity index (χ3v) is 4.67. The fraction of sp³-hybridized carbons (Fsp3) is 0.929. The minimum Gasteiger partial charge on any atom is -0.394 e. The second kappa shape index (κ2) is 11.2. The van der Waals surface area contributed by atoms with Crippen molar-refractivity contribution in [2.45, 2.75) is 55.9 Å². The minimum atomic E-state index is -1.06. The van der Waals surface area contributed by atoms with Gasteiger partial charge in [-0.2, -0.15) is 0 Å². The monoisotopic (exact) mass is 336 g/mol. The molecule has 0 bridgehead atoms. The number of rotatable bonds is 10. The lowest BCUT2D eigenvalue weighted by Gasteiger charge is -2.36. The van der Waals surface area contributed by atoms with E-state index in [-0.39, 0.29) is 18.0 Å². The average Bonchev–Trinajstić information content (AvgIpc) is 2.50. The average molecular weight is 336 g/mol. The molecule has 0 unspecified atom stereocenters. The summed E-state index contributed by atoms with van der Waals surface area (Å²) in [5.74, 6) is 0.565. The van der Waals surface area contributed by atoms with Crippen molar-refractivity contribution in [2.24, 2.45) is 5.73 Å². The number of carbonyl (C=O) groups excluding carboxylic acids is 1. The van der Waals surface area contributed by atoms with Crippen molar-refractivity contribution in [2.75, 3.05) is 25.4 Å². The van der Waals surface area contributed by atoms with Crippen molar-refractivity contribution >= 4 is 17.7 Å². The molecule has 130 valence electrons. The molecule has 0 spiro atoms. The predicted molar refractivity (Wildman–Crippen MR) is 85.4 cm³/mol. The first-order valence-electron chi connectivity index (χ1n) is 7.79. The van der Waals surface area contributed by atoms with Gasteiger partial charge in [0.05, 0.1) is 12.7 Å². The molecule has 0 saturated carbocycles. The molecule has 0 aromatic carbocycles. The first kappa shape index (κ1) is 19.7. The summed E-state index contributed by atoms with van der Waals surface area (Å²) in [5, 5.41) is 31.3. The van der Waals surface area contributed by atoms with E-state index in [9.17, 15) is 15.0 Å². The van der Waals surface area contributed by atoms with E-state index in [0.29, 0.717) is 31.7 Å². The van der Waals surface area contributed by atoms with Gasteiger partial charge in [-0.1, -0.05) is 6.42 Å². The number of hydrogen-bond acceptors (Lipinski definition) is 7. The Morgan fingerprint density at radius 2 is 2.09 bits per heavy atom. The highest BCUT2D eigenvalue weighted by molar-refractivity contribution is 7.99. The number of aliphatic hydroxyl groups excluding tert-OH is 3. The second-order valence-electron chi connectivity index (χ2n) is 5.40. The van der Waals surface area contributed by atoms with Gasteiger partial charge in [0.2, 0.25) is 5.91 Å². The number of ether oxygens (including phenoxy) is 1. The highest BCUT2D eigenvalue weighted by Gasteiger charge is 2.36. The fourth-order valence-electron chi connectivity index (χ4n) is 2.22. The molecule has 4 atom stereocenters. The SMILES string of the molecule is NCCCCCNC(=O)CCS[C@H]1C[C@@H](O)[C@@H](O)[C@@H](CO)O1. The van der Waals surface area contributed by atoms with Gasteiger partial charge in [0.25, 0.3) is 0 Å². The van der Waals surface area contributed by atoms with Crippen LogP contribution in [-0.4, -0.2) is 70.4 Å². The van der Waals surface area contributed by atoms with E-state index in [4.69, 9.17) is 15.6 Å². The van der Waals surface area contributed by atoms with Gasteiger partial charge in [0.1, 0.15) is 17.6 Å². The van der Waals surface area contributed by atoms with Gasteiger partial charge >= 0.3 is 0 Å². The van der Waals surface area contributed by atoms with Crippen LogP contribution in [0.15, 0.2) is 0 Å². The molecule has 0 aromatic heterocycles. The van der Waals surface area contributed by atoms with E-state index < -0.39 is 18.3 Å². The maximum atomic E-state index is 11.6. The largest absolute Gasteiger partial charge is 0.394 e.